The molecule has 0 aliphatic heterocycles. The standard InChI is InChI=1S/C76H133NO8/c1-6-8-10-12-14-16-18-20-22-24-26-28-30-32-34-35-36-37-38-39-41-43-45-47-49-51-53-55-57-59-61-63-65-67-74(79)85-72(71-84-76(75(80)81)82-69-68-77(3,4)5)70-83-73(78)66-64-62-60-58-56-54-52-50-48-46-44-42-40-33-31-29-27-25-23-21-19-17-15-13-11-9-7-2/h8,10,14,16,19-22,25-28,32,34,36-37,72,76H,6-7,9,11-13,15,17-18,23-24,29-31,33,35,38-71H2,1-5H3/b10-8-,16-14-,21-19-,22-20-,27-25-,28-26-,34-32-,37-36-. The highest BCUT2D eigenvalue weighted by molar-refractivity contribution is 5.70. The number of aliphatic carboxylic acids is 1. The van der Waals surface area contributed by atoms with Crippen molar-refractivity contribution >= 4 is 17.9 Å². The number of unbranched alkanes of at least 4 members (excludes halogenated alkanes) is 34. The van der Waals surface area contributed by atoms with E-state index >= 15 is 0 Å². The number of likely N-dealkylation sites (N-methyl/N-ethyl adjacent to an activating group) is 1. The van der Waals surface area contributed by atoms with E-state index in [1.165, 1.54) is 193 Å². The van der Waals surface area contributed by atoms with E-state index in [1.807, 2.05) is 21.1 Å². The second-order valence-electron chi connectivity index (χ2n) is 24.8. The van der Waals surface area contributed by atoms with Gasteiger partial charge in [0.1, 0.15) is 13.2 Å². The van der Waals surface area contributed by atoms with Gasteiger partial charge in [-0.25, -0.2) is 0 Å². The lowest BCUT2D eigenvalue weighted by Crippen LogP contribution is -2.44. The third-order valence-electron chi connectivity index (χ3n) is 15.3. The number of carboxylic acids is 1. The third-order valence-corrected chi connectivity index (χ3v) is 15.3. The lowest BCUT2D eigenvalue weighted by molar-refractivity contribution is -0.870. The molecule has 0 aromatic carbocycles. The van der Waals surface area contributed by atoms with E-state index in [0.29, 0.717) is 23.9 Å². The molecule has 0 heterocycles. The predicted octanol–water partition coefficient (Wildman–Crippen LogP) is 20.7. The van der Waals surface area contributed by atoms with Crippen LogP contribution in [0.3, 0.4) is 0 Å². The van der Waals surface area contributed by atoms with Gasteiger partial charge in [-0.05, 0) is 96.3 Å². The zero-order valence-corrected chi connectivity index (χ0v) is 56.0. The van der Waals surface area contributed by atoms with Crippen molar-refractivity contribution < 1.29 is 42.9 Å². The fourth-order valence-electron chi connectivity index (χ4n) is 9.93. The lowest BCUT2D eigenvalue weighted by Gasteiger charge is -2.26. The van der Waals surface area contributed by atoms with E-state index in [0.717, 1.165) is 83.5 Å². The number of hydrogen-bond donors (Lipinski definition) is 0. The van der Waals surface area contributed by atoms with Gasteiger partial charge in [0.2, 0.25) is 0 Å². The van der Waals surface area contributed by atoms with E-state index < -0.39 is 24.3 Å². The molecule has 0 aliphatic carbocycles. The average Bonchev–Trinajstić information content (AvgIpc) is 3.49. The van der Waals surface area contributed by atoms with Crippen molar-refractivity contribution in [3.05, 3.63) is 97.2 Å². The molecule has 0 fully saturated rings. The molecule has 490 valence electrons. The van der Waals surface area contributed by atoms with Crippen LogP contribution in [-0.2, 0) is 33.3 Å². The quantitative estimate of drug-likeness (QED) is 0.0195. The molecule has 0 amide bonds. The van der Waals surface area contributed by atoms with Gasteiger partial charge < -0.3 is 33.3 Å². The van der Waals surface area contributed by atoms with Crippen LogP contribution in [0.25, 0.3) is 0 Å². The maximum absolute atomic E-state index is 12.9. The minimum Gasteiger partial charge on any atom is -0.545 e. The van der Waals surface area contributed by atoms with Crippen molar-refractivity contribution in [2.24, 2.45) is 0 Å². The molecule has 0 aliphatic rings. The Morgan fingerprint density at radius 1 is 0.365 bits per heavy atom. The van der Waals surface area contributed by atoms with Crippen LogP contribution in [0.4, 0.5) is 0 Å². The summed E-state index contributed by atoms with van der Waals surface area (Å²) in [5.74, 6) is -2.27. The Morgan fingerprint density at radius 3 is 1.00 bits per heavy atom. The lowest BCUT2D eigenvalue weighted by atomic mass is 10.0. The number of hydrogen-bond acceptors (Lipinski definition) is 8. The van der Waals surface area contributed by atoms with Crippen molar-refractivity contribution in [1.82, 2.24) is 0 Å². The maximum atomic E-state index is 12.9. The molecule has 0 rings (SSSR count). The van der Waals surface area contributed by atoms with E-state index in [-0.39, 0.29) is 32.2 Å². The zero-order valence-electron chi connectivity index (χ0n) is 56.0. The molecule has 2 unspecified atom stereocenters. The SMILES string of the molecule is CC/C=C\C/C=C\C/C=C\C/C=C\C/C=C\C/C=C\CCCCCCCCCCCCCCCCC(=O)OC(COC(=O)CCCCCCCCCCCCCCCCC/C=C\C/C=C\CCCCCCC)COC(OCC[N+](C)(C)C)C(=O)[O-]. The molecule has 9 heteroatoms. The predicted molar refractivity (Wildman–Crippen MR) is 361 cm³/mol. The molecule has 0 bridgehead atoms. The number of carboxylic acid groups (broad SMARTS) is 1. The Kier molecular flexibility index (Phi) is 63.2. The van der Waals surface area contributed by atoms with E-state index in [4.69, 9.17) is 18.9 Å². The number of carbonyl (C=O) groups is 3. The molecule has 2 atom stereocenters. The summed E-state index contributed by atoms with van der Waals surface area (Å²) in [5.41, 5.74) is 0. The number of carbonyl (C=O) groups excluding carboxylic acids is 3. The Hall–Kier alpha value is -3.79. The Morgan fingerprint density at radius 2 is 0.671 bits per heavy atom. The average molecular weight is 1190 g/mol. The molecule has 85 heavy (non-hydrogen) atoms. The van der Waals surface area contributed by atoms with Gasteiger partial charge in [0.05, 0.1) is 40.3 Å². The molecule has 0 aromatic rings. The van der Waals surface area contributed by atoms with Crippen LogP contribution in [0.2, 0.25) is 0 Å². The number of rotatable bonds is 65. The summed E-state index contributed by atoms with van der Waals surface area (Å²) in [4.78, 5) is 37.5. The van der Waals surface area contributed by atoms with Crippen LogP contribution in [-0.4, -0.2) is 82.3 Å². The van der Waals surface area contributed by atoms with Crippen LogP contribution >= 0.6 is 0 Å². The summed E-state index contributed by atoms with van der Waals surface area (Å²) >= 11 is 0. The number of esters is 2. The zero-order chi connectivity index (χ0) is 61.9. The minimum atomic E-state index is -1.63. The van der Waals surface area contributed by atoms with Gasteiger partial charge in [0.15, 0.2) is 12.4 Å². The van der Waals surface area contributed by atoms with Gasteiger partial charge in [0.25, 0.3) is 0 Å². The summed E-state index contributed by atoms with van der Waals surface area (Å²) in [7, 11) is 5.93. The van der Waals surface area contributed by atoms with E-state index in [2.05, 4.69) is 111 Å². The highest BCUT2D eigenvalue weighted by atomic mass is 16.7. The fourth-order valence-corrected chi connectivity index (χ4v) is 9.93. The molecule has 0 saturated carbocycles. The molecule has 0 saturated heterocycles. The monoisotopic (exact) mass is 1190 g/mol. The number of quaternary nitrogens is 1. The number of ether oxygens (including phenoxy) is 4. The summed E-state index contributed by atoms with van der Waals surface area (Å²) in [6, 6.07) is 0. The molecule has 0 N–H and O–H groups in total. The van der Waals surface area contributed by atoms with Crippen molar-refractivity contribution in [1.29, 1.82) is 0 Å². The molecule has 9 nitrogen and oxygen atoms in total. The smallest absolute Gasteiger partial charge is 0.306 e. The first-order valence-electron chi connectivity index (χ1n) is 35.4. The van der Waals surface area contributed by atoms with Crippen molar-refractivity contribution in [3.63, 3.8) is 0 Å². The second-order valence-corrected chi connectivity index (χ2v) is 24.8. The Balaban J connectivity index is 4.11. The van der Waals surface area contributed by atoms with Crippen LogP contribution < -0.4 is 5.11 Å². The van der Waals surface area contributed by atoms with Crippen molar-refractivity contribution in [2.45, 2.75) is 322 Å². The topological polar surface area (TPSA) is 111 Å². The third kappa shape index (κ3) is 67.6. The molecule has 0 aromatic heterocycles. The Bertz CT molecular complexity index is 1720. The highest BCUT2D eigenvalue weighted by Crippen LogP contribution is 2.17. The van der Waals surface area contributed by atoms with Crippen LogP contribution in [0, 0.1) is 0 Å². The van der Waals surface area contributed by atoms with Gasteiger partial charge in [0, 0.05) is 12.8 Å². The maximum Gasteiger partial charge on any atom is 0.306 e. The highest BCUT2D eigenvalue weighted by Gasteiger charge is 2.22. The number of allylic oxidation sites excluding steroid dienone is 16. The summed E-state index contributed by atoms with van der Waals surface area (Å²) in [6.07, 6.45) is 87.7. The van der Waals surface area contributed by atoms with Crippen LogP contribution in [0.1, 0.15) is 309 Å². The first kappa shape index (κ1) is 81.2. The second kappa shape index (κ2) is 66.2. The minimum absolute atomic E-state index is 0.145. The van der Waals surface area contributed by atoms with Crippen molar-refractivity contribution in [3.8, 4) is 0 Å². The number of nitrogens with zero attached hydrogens (tertiary/aromatic N) is 1. The Labute approximate surface area is 524 Å². The molecule has 0 radical (unpaired) electrons. The molecule has 0 spiro atoms. The molecular weight excluding hydrogens is 1050 g/mol. The first-order chi connectivity index (χ1) is 41.6. The van der Waals surface area contributed by atoms with Gasteiger partial charge in [-0.15, -0.1) is 0 Å². The first-order valence-corrected chi connectivity index (χ1v) is 35.4. The largest absolute Gasteiger partial charge is 0.545 e. The summed E-state index contributed by atoms with van der Waals surface area (Å²) < 4.78 is 22.8. The van der Waals surface area contributed by atoms with Gasteiger partial charge in [-0.2, -0.15) is 0 Å². The van der Waals surface area contributed by atoms with E-state index in [9.17, 15) is 19.5 Å². The van der Waals surface area contributed by atoms with E-state index in [1.54, 1.807) is 0 Å². The van der Waals surface area contributed by atoms with Gasteiger partial charge in [-0.1, -0.05) is 297 Å². The van der Waals surface area contributed by atoms with Crippen LogP contribution in [0.15, 0.2) is 97.2 Å². The van der Waals surface area contributed by atoms with Crippen LogP contribution in [0.5, 0.6) is 0 Å². The molecular formula is C76H133NO8. The summed E-state index contributed by atoms with van der Waals surface area (Å²) in [6.45, 7) is 4.65. The normalized spacial score (nSPS) is 13.3. The van der Waals surface area contributed by atoms with Gasteiger partial charge in [-0.3, -0.25) is 9.59 Å². The summed E-state index contributed by atoms with van der Waals surface area (Å²) in [5, 5.41) is 11.8. The fraction of sp³-hybridized carbons (Fsp3) is 0.750. The van der Waals surface area contributed by atoms with Crippen molar-refractivity contribution in [2.75, 3.05) is 47.5 Å². The van der Waals surface area contributed by atoms with Gasteiger partial charge >= 0.3 is 11.9 Å².